The number of hydrogen-bond acceptors (Lipinski definition) is 2. The van der Waals surface area contributed by atoms with Gasteiger partial charge in [0.05, 0.1) is 6.61 Å². The van der Waals surface area contributed by atoms with Crippen molar-refractivity contribution in [1.29, 1.82) is 0 Å². The SMILES string of the molecule is O=C(NCCc1cc(F)ccc1F)N(CCO)C1CC1. The summed E-state index contributed by atoms with van der Waals surface area (Å²) in [7, 11) is 0. The van der Waals surface area contributed by atoms with Crippen LogP contribution in [0.4, 0.5) is 13.6 Å². The third kappa shape index (κ3) is 3.90. The quantitative estimate of drug-likeness (QED) is 0.835. The van der Waals surface area contributed by atoms with Gasteiger partial charge in [-0.05, 0) is 43.0 Å². The number of carbonyl (C=O) groups excluding carboxylic acids is 1. The van der Waals surface area contributed by atoms with E-state index in [0.29, 0.717) is 6.54 Å². The second-order valence-electron chi connectivity index (χ2n) is 4.87. The number of amides is 2. The minimum atomic E-state index is -0.493. The van der Waals surface area contributed by atoms with Crippen molar-refractivity contribution in [2.45, 2.75) is 25.3 Å². The molecule has 1 saturated carbocycles. The molecule has 0 unspecified atom stereocenters. The van der Waals surface area contributed by atoms with Crippen LogP contribution >= 0.6 is 0 Å². The number of nitrogens with one attached hydrogen (secondary N) is 1. The monoisotopic (exact) mass is 284 g/mol. The molecule has 6 heteroatoms. The van der Waals surface area contributed by atoms with Crippen LogP contribution in [0.3, 0.4) is 0 Å². The lowest BCUT2D eigenvalue weighted by Gasteiger charge is -2.21. The summed E-state index contributed by atoms with van der Waals surface area (Å²) in [6.07, 6.45) is 2.13. The van der Waals surface area contributed by atoms with Gasteiger partial charge in [-0.1, -0.05) is 0 Å². The Morgan fingerprint density at radius 2 is 2.15 bits per heavy atom. The standard InChI is InChI=1S/C14H18F2N2O2/c15-11-1-4-13(16)10(9-11)5-6-17-14(20)18(7-8-19)12-2-3-12/h1,4,9,12,19H,2-3,5-8H2,(H,17,20). The molecule has 0 bridgehead atoms. The molecule has 0 aromatic heterocycles. The zero-order valence-electron chi connectivity index (χ0n) is 11.1. The van der Waals surface area contributed by atoms with Crippen LogP contribution in [-0.2, 0) is 6.42 Å². The number of urea groups is 1. The van der Waals surface area contributed by atoms with Crippen LogP contribution in [0.25, 0.3) is 0 Å². The molecule has 2 N–H and O–H groups in total. The molecule has 1 aromatic rings. The van der Waals surface area contributed by atoms with E-state index in [2.05, 4.69) is 5.32 Å². The molecule has 0 spiro atoms. The highest BCUT2D eigenvalue weighted by molar-refractivity contribution is 5.74. The Morgan fingerprint density at radius 1 is 1.40 bits per heavy atom. The predicted molar refractivity (Wildman–Crippen MR) is 70.3 cm³/mol. The molecular formula is C14H18F2N2O2. The Morgan fingerprint density at radius 3 is 2.80 bits per heavy atom. The number of nitrogens with zero attached hydrogens (tertiary/aromatic N) is 1. The summed E-state index contributed by atoms with van der Waals surface area (Å²) in [4.78, 5) is 13.5. The summed E-state index contributed by atoms with van der Waals surface area (Å²) < 4.78 is 26.4. The first-order chi connectivity index (χ1) is 9.61. The van der Waals surface area contributed by atoms with Crippen LogP contribution < -0.4 is 5.32 Å². The van der Waals surface area contributed by atoms with E-state index in [-0.39, 0.29) is 37.2 Å². The minimum Gasteiger partial charge on any atom is -0.395 e. The van der Waals surface area contributed by atoms with E-state index in [9.17, 15) is 13.6 Å². The number of benzene rings is 1. The second-order valence-corrected chi connectivity index (χ2v) is 4.87. The molecule has 2 rings (SSSR count). The van der Waals surface area contributed by atoms with Crippen LogP contribution in [-0.4, -0.2) is 41.8 Å². The maximum absolute atomic E-state index is 13.4. The Balaban J connectivity index is 1.82. The largest absolute Gasteiger partial charge is 0.395 e. The van der Waals surface area contributed by atoms with E-state index >= 15 is 0 Å². The van der Waals surface area contributed by atoms with Crippen molar-refractivity contribution in [3.05, 3.63) is 35.4 Å². The molecule has 1 aliphatic carbocycles. The fourth-order valence-corrected chi connectivity index (χ4v) is 2.08. The number of rotatable bonds is 6. The van der Waals surface area contributed by atoms with Gasteiger partial charge in [0.25, 0.3) is 0 Å². The van der Waals surface area contributed by atoms with Crippen molar-refractivity contribution in [3.8, 4) is 0 Å². The fraction of sp³-hybridized carbons (Fsp3) is 0.500. The molecule has 2 amide bonds. The molecule has 0 aliphatic heterocycles. The molecule has 0 atom stereocenters. The minimum absolute atomic E-state index is 0.0809. The van der Waals surface area contributed by atoms with Gasteiger partial charge in [0.2, 0.25) is 0 Å². The van der Waals surface area contributed by atoms with Gasteiger partial charge in [0, 0.05) is 19.1 Å². The molecule has 20 heavy (non-hydrogen) atoms. The smallest absolute Gasteiger partial charge is 0.317 e. The van der Waals surface area contributed by atoms with Crippen LogP contribution in [0.15, 0.2) is 18.2 Å². The maximum Gasteiger partial charge on any atom is 0.317 e. The Kier molecular flexibility index (Phi) is 4.89. The number of aliphatic hydroxyl groups is 1. The lowest BCUT2D eigenvalue weighted by atomic mass is 10.1. The highest BCUT2D eigenvalue weighted by Gasteiger charge is 2.31. The third-order valence-electron chi connectivity index (χ3n) is 3.27. The van der Waals surface area contributed by atoms with Gasteiger partial charge in [0.15, 0.2) is 0 Å². The second kappa shape index (κ2) is 6.65. The highest BCUT2D eigenvalue weighted by atomic mass is 19.1. The maximum atomic E-state index is 13.4. The molecule has 0 saturated heterocycles. The molecule has 1 aliphatic rings. The summed E-state index contributed by atoms with van der Waals surface area (Å²) in [5, 5.41) is 11.6. The molecule has 0 heterocycles. The predicted octanol–water partition coefficient (Wildman–Crippen LogP) is 1.67. The molecule has 110 valence electrons. The van der Waals surface area contributed by atoms with Crippen molar-refractivity contribution in [1.82, 2.24) is 10.2 Å². The van der Waals surface area contributed by atoms with Crippen LogP contribution in [0.2, 0.25) is 0 Å². The first-order valence-electron chi connectivity index (χ1n) is 6.71. The van der Waals surface area contributed by atoms with Crippen LogP contribution in [0, 0.1) is 11.6 Å². The van der Waals surface area contributed by atoms with Crippen LogP contribution in [0.1, 0.15) is 18.4 Å². The first-order valence-corrected chi connectivity index (χ1v) is 6.71. The highest BCUT2D eigenvalue weighted by Crippen LogP contribution is 2.26. The van der Waals surface area contributed by atoms with Gasteiger partial charge < -0.3 is 15.3 Å². The first kappa shape index (κ1) is 14.7. The average molecular weight is 284 g/mol. The lowest BCUT2D eigenvalue weighted by Crippen LogP contribution is -2.43. The van der Waals surface area contributed by atoms with Crippen molar-refractivity contribution in [2.75, 3.05) is 19.7 Å². The topological polar surface area (TPSA) is 52.6 Å². The lowest BCUT2D eigenvalue weighted by molar-refractivity contribution is 0.174. The summed E-state index contributed by atoms with van der Waals surface area (Å²) in [6, 6.07) is 3.21. The van der Waals surface area contributed by atoms with Gasteiger partial charge in [-0.25, -0.2) is 13.6 Å². The Bertz CT molecular complexity index is 478. The van der Waals surface area contributed by atoms with Gasteiger partial charge in [-0.3, -0.25) is 0 Å². The summed E-state index contributed by atoms with van der Waals surface area (Å²) >= 11 is 0. The molecular weight excluding hydrogens is 266 g/mol. The van der Waals surface area contributed by atoms with Crippen molar-refractivity contribution in [3.63, 3.8) is 0 Å². The fourth-order valence-electron chi connectivity index (χ4n) is 2.08. The molecule has 1 aromatic carbocycles. The zero-order valence-corrected chi connectivity index (χ0v) is 11.1. The van der Waals surface area contributed by atoms with E-state index in [4.69, 9.17) is 5.11 Å². The summed E-state index contributed by atoms with van der Waals surface area (Å²) in [5.41, 5.74) is 0.241. The Hall–Kier alpha value is -1.69. The summed E-state index contributed by atoms with van der Waals surface area (Å²) in [5.74, 6) is -0.970. The van der Waals surface area contributed by atoms with E-state index < -0.39 is 11.6 Å². The van der Waals surface area contributed by atoms with Crippen molar-refractivity contribution in [2.24, 2.45) is 0 Å². The molecule has 0 radical (unpaired) electrons. The van der Waals surface area contributed by atoms with Crippen molar-refractivity contribution < 1.29 is 18.7 Å². The number of carbonyl (C=O) groups is 1. The zero-order chi connectivity index (χ0) is 14.5. The third-order valence-corrected chi connectivity index (χ3v) is 3.27. The number of halogens is 2. The number of aliphatic hydroxyl groups excluding tert-OH is 1. The van der Waals surface area contributed by atoms with E-state index in [1.807, 2.05) is 0 Å². The van der Waals surface area contributed by atoms with E-state index in [1.54, 1.807) is 4.90 Å². The van der Waals surface area contributed by atoms with Crippen LogP contribution in [0.5, 0.6) is 0 Å². The average Bonchev–Trinajstić information content (AvgIpc) is 3.24. The molecule has 4 nitrogen and oxygen atoms in total. The van der Waals surface area contributed by atoms with Gasteiger partial charge in [0.1, 0.15) is 11.6 Å². The van der Waals surface area contributed by atoms with Gasteiger partial charge >= 0.3 is 6.03 Å². The Labute approximate surface area is 116 Å². The number of hydrogen-bond donors (Lipinski definition) is 2. The summed E-state index contributed by atoms with van der Waals surface area (Å²) in [6.45, 7) is 0.446. The van der Waals surface area contributed by atoms with E-state index in [0.717, 1.165) is 31.0 Å². The van der Waals surface area contributed by atoms with E-state index in [1.165, 1.54) is 0 Å². The van der Waals surface area contributed by atoms with Gasteiger partial charge in [-0.2, -0.15) is 0 Å². The normalized spacial score (nSPS) is 14.2. The molecule has 1 fully saturated rings. The van der Waals surface area contributed by atoms with Gasteiger partial charge in [-0.15, -0.1) is 0 Å². The van der Waals surface area contributed by atoms with Crippen molar-refractivity contribution >= 4 is 6.03 Å².